The Morgan fingerprint density at radius 1 is 1.12 bits per heavy atom. The number of piperidine rings is 1. The molecule has 2 aliphatic heterocycles. The van der Waals surface area contributed by atoms with Crippen molar-refractivity contribution in [2.24, 2.45) is 5.92 Å². The van der Waals surface area contributed by atoms with E-state index in [1.54, 1.807) is 6.20 Å². The highest BCUT2D eigenvalue weighted by Crippen LogP contribution is 2.28. The Bertz CT molecular complexity index is 572. The highest BCUT2D eigenvalue weighted by molar-refractivity contribution is 5.99. The Hall–Kier alpha value is -1.62. The van der Waals surface area contributed by atoms with Gasteiger partial charge in [-0.25, -0.2) is 4.98 Å². The van der Waals surface area contributed by atoms with Crippen molar-refractivity contribution in [3.05, 3.63) is 23.9 Å². The summed E-state index contributed by atoms with van der Waals surface area (Å²) in [4.78, 5) is 21.8. The van der Waals surface area contributed by atoms with Crippen LogP contribution >= 0.6 is 0 Å². The van der Waals surface area contributed by atoms with Gasteiger partial charge in [0.15, 0.2) is 0 Å². The SMILES string of the molecule is O=C(c1cccnc1N1CCCC1)N1CCC(NCC2CC2)CC1. The van der Waals surface area contributed by atoms with Crippen molar-refractivity contribution in [3.8, 4) is 0 Å². The Kier molecular flexibility index (Phi) is 4.69. The second-order valence-electron chi connectivity index (χ2n) is 7.49. The third kappa shape index (κ3) is 3.56. The van der Waals surface area contributed by atoms with E-state index in [9.17, 15) is 4.79 Å². The minimum absolute atomic E-state index is 0.158. The van der Waals surface area contributed by atoms with Crippen molar-refractivity contribution >= 4 is 11.7 Å². The second-order valence-corrected chi connectivity index (χ2v) is 7.49. The lowest BCUT2D eigenvalue weighted by atomic mass is 10.0. The fourth-order valence-electron chi connectivity index (χ4n) is 3.86. The molecule has 0 bridgehead atoms. The number of aromatic nitrogens is 1. The van der Waals surface area contributed by atoms with Crippen molar-refractivity contribution in [1.29, 1.82) is 0 Å². The minimum Gasteiger partial charge on any atom is -0.356 e. The summed E-state index contributed by atoms with van der Waals surface area (Å²) in [6.07, 6.45) is 9.12. The van der Waals surface area contributed by atoms with Crippen LogP contribution in [0.4, 0.5) is 5.82 Å². The highest BCUT2D eigenvalue weighted by Gasteiger charge is 2.28. The van der Waals surface area contributed by atoms with Gasteiger partial charge in [0.05, 0.1) is 5.56 Å². The molecule has 0 unspecified atom stereocenters. The number of pyridine rings is 1. The number of carbonyl (C=O) groups excluding carboxylic acids is 1. The first-order valence-corrected chi connectivity index (χ1v) is 9.54. The van der Waals surface area contributed by atoms with Crippen LogP contribution < -0.4 is 10.2 Å². The van der Waals surface area contributed by atoms with E-state index in [0.717, 1.165) is 56.3 Å². The Morgan fingerprint density at radius 3 is 2.58 bits per heavy atom. The molecule has 130 valence electrons. The molecule has 0 aromatic carbocycles. The third-order valence-corrected chi connectivity index (χ3v) is 5.60. The van der Waals surface area contributed by atoms with Gasteiger partial charge in [0.1, 0.15) is 5.82 Å². The van der Waals surface area contributed by atoms with Gasteiger partial charge in [-0.05, 0) is 63.1 Å². The van der Waals surface area contributed by atoms with Gasteiger partial charge in [-0.2, -0.15) is 0 Å². The average Bonchev–Trinajstić information content (AvgIpc) is 3.31. The summed E-state index contributed by atoms with van der Waals surface area (Å²) in [6.45, 7) is 4.92. The van der Waals surface area contributed by atoms with Crippen molar-refractivity contribution < 1.29 is 4.79 Å². The van der Waals surface area contributed by atoms with Crippen molar-refractivity contribution in [3.63, 3.8) is 0 Å². The predicted octanol–water partition coefficient (Wildman–Crippen LogP) is 2.29. The molecule has 1 aliphatic carbocycles. The lowest BCUT2D eigenvalue weighted by Crippen LogP contribution is -2.45. The molecule has 0 radical (unpaired) electrons. The summed E-state index contributed by atoms with van der Waals surface area (Å²) < 4.78 is 0. The molecular weight excluding hydrogens is 300 g/mol. The van der Waals surface area contributed by atoms with E-state index in [0.29, 0.717) is 6.04 Å². The van der Waals surface area contributed by atoms with Crippen LogP contribution in [0, 0.1) is 5.92 Å². The monoisotopic (exact) mass is 328 g/mol. The minimum atomic E-state index is 0.158. The van der Waals surface area contributed by atoms with E-state index in [1.165, 1.54) is 32.2 Å². The molecule has 1 saturated carbocycles. The molecule has 2 saturated heterocycles. The summed E-state index contributed by atoms with van der Waals surface area (Å²) in [5, 5.41) is 3.68. The lowest BCUT2D eigenvalue weighted by Gasteiger charge is -2.33. The van der Waals surface area contributed by atoms with Crippen LogP contribution in [0.2, 0.25) is 0 Å². The first kappa shape index (κ1) is 15.9. The van der Waals surface area contributed by atoms with E-state index in [-0.39, 0.29) is 5.91 Å². The molecule has 4 rings (SSSR count). The first-order valence-electron chi connectivity index (χ1n) is 9.54. The maximum Gasteiger partial charge on any atom is 0.257 e. The maximum absolute atomic E-state index is 13.0. The van der Waals surface area contributed by atoms with E-state index >= 15 is 0 Å². The predicted molar refractivity (Wildman–Crippen MR) is 95.3 cm³/mol. The number of hydrogen-bond donors (Lipinski definition) is 1. The Balaban J connectivity index is 1.37. The fraction of sp³-hybridized carbons (Fsp3) is 0.684. The van der Waals surface area contributed by atoms with Gasteiger partial charge >= 0.3 is 0 Å². The summed E-state index contributed by atoms with van der Waals surface area (Å²) in [7, 11) is 0. The number of anilines is 1. The Labute approximate surface area is 144 Å². The van der Waals surface area contributed by atoms with Gasteiger partial charge in [-0.1, -0.05) is 0 Å². The van der Waals surface area contributed by atoms with E-state index in [4.69, 9.17) is 0 Å². The molecule has 3 fully saturated rings. The van der Waals surface area contributed by atoms with Crippen LogP contribution in [0.1, 0.15) is 48.9 Å². The summed E-state index contributed by atoms with van der Waals surface area (Å²) in [5.41, 5.74) is 0.781. The number of amides is 1. The van der Waals surface area contributed by atoms with Crippen LogP contribution in [-0.4, -0.2) is 54.6 Å². The second kappa shape index (κ2) is 7.09. The van der Waals surface area contributed by atoms with Crippen LogP contribution in [0.3, 0.4) is 0 Å². The van der Waals surface area contributed by atoms with E-state index in [2.05, 4.69) is 15.2 Å². The molecular formula is C19H28N4O. The zero-order chi connectivity index (χ0) is 16.4. The number of nitrogens with zero attached hydrogens (tertiary/aromatic N) is 3. The van der Waals surface area contributed by atoms with Crippen molar-refractivity contribution in [2.45, 2.75) is 44.6 Å². The molecule has 24 heavy (non-hydrogen) atoms. The highest BCUT2D eigenvalue weighted by atomic mass is 16.2. The van der Waals surface area contributed by atoms with Crippen LogP contribution in [0.25, 0.3) is 0 Å². The molecule has 1 N–H and O–H groups in total. The van der Waals surface area contributed by atoms with Gasteiger partial charge < -0.3 is 15.1 Å². The van der Waals surface area contributed by atoms with Gasteiger partial charge in [-0.15, -0.1) is 0 Å². The van der Waals surface area contributed by atoms with Crippen LogP contribution in [0.5, 0.6) is 0 Å². The number of carbonyl (C=O) groups is 1. The van der Waals surface area contributed by atoms with Gasteiger partial charge in [0.2, 0.25) is 0 Å². The van der Waals surface area contributed by atoms with E-state index < -0.39 is 0 Å². The quantitative estimate of drug-likeness (QED) is 0.901. The zero-order valence-corrected chi connectivity index (χ0v) is 14.4. The van der Waals surface area contributed by atoms with Gasteiger partial charge in [0, 0.05) is 38.4 Å². The Morgan fingerprint density at radius 2 is 1.88 bits per heavy atom. The molecule has 5 heteroatoms. The summed E-state index contributed by atoms with van der Waals surface area (Å²) >= 11 is 0. The molecule has 0 spiro atoms. The lowest BCUT2D eigenvalue weighted by molar-refractivity contribution is 0.0705. The zero-order valence-electron chi connectivity index (χ0n) is 14.4. The van der Waals surface area contributed by atoms with Crippen molar-refractivity contribution in [1.82, 2.24) is 15.2 Å². The third-order valence-electron chi connectivity index (χ3n) is 5.60. The number of rotatable bonds is 5. The molecule has 5 nitrogen and oxygen atoms in total. The van der Waals surface area contributed by atoms with Crippen LogP contribution in [-0.2, 0) is 0 Å². The molecule has 3 aliphatic rings. The summed E-state index contributed by atoms with van der Waals surface area (Å²) in [6, 6.07) is 4.42. The van der Waals surface area contributed by atoms with Gasteiger partial charge in [0.25, 0.3) is 5.91 Å². The summed E-state index contributed by atoms with van der Waals surface area (Å²) in [5.74, 6) is 1.96. The fourth-order valence-corrected chi connectivity index (χ4v) is 3.86. The largest absolute Gasteiger partial charge is 0.356 e. The first-order chi connectivity index (χ1) is 11.8. The standard InChI is InChI=1S/C19H28N4O/c24-19(17-4-3-9-20-18(17)22-10-1-2-11-22)23-12-7-16(8-13-23)21-14-15-5-6-15/h3-4,9,15-16,21H,1-2,5-8,10-14H2. The number of likely N-dealkylation sites (tertiary alicyclic amines) is 1. The topological polar surface area (TPSA) is 48.5 Å². The van der Waals surface area contributed by atoms with Gasteiger partial charge in [-0.3, -0.25) is 4.79 Å². The smallest absolute Gasteiger partial charge is 0.257 e. The van der Waals surface area contributed by atoms with Crippen molar-refractivity contribution in [2.75, 3.05) is 37.6 Å². The van der Waals surface area contributed by atoms with Crippen LogP contribution in [0.15, 0.2) is 18.3 Å². The molecule has 1 aromatic rings. The number of nitrogens with one attached hydrogen (secondary N) is 1. The maximum atomic E-state index is 13.0. The van der Waals surface area contributed by atoms with E-state index in [1.807, 2.05) is 17.0 Å². The molecule has 1 aromatic heterocycles. The number of hydrogen-bond acceptors (Lipinski definition) is 4. The molecule has 3 heterocycles. The normalized spacial score (nSPS) is 22.2. The molecule has 1 amide bonds. The average molecular weight is 328 g/mol. The molecule has 0 atom stereocenters.